The number of anilines is 1. The van der Waals surface area contributed by atoms with Gasteiger partial charge in [0.25, 0.3) is 5.56 Å². The highest BCUT2D eigenvalue weighted by molar-refractivity contribution is 7.99. The maximum absolute atomic E-state index is 13.0. The molecule has 1 aromatic carbocycles. The largest absolute Gasteiger partial charge is 0.325 e. The van der Waals surface area contributed by atoms with Crippen LogP contribution in [0.25, 0.3) is 11.0 Å². The van der Waals surface area contributed by atoms with E-state index < -0.39 is 0 Å². The number of nitrogens with zero attached hydrogens (tertiary/aromatic N) is 4. The number of aryl methyl sites for hydroxylation is 2. The molecule has 3 aromatic rings. The van der Waals surface area contributed by atoms with E-state index in [0.717, 1.165) is 6.42 Å². The second-order valence-corrected chi connectivity index (χ2v) is 7.24. The average Bonchev–Trinajstić information content (AvgIpc) is 3.00. The summed E-state index contributed by atoms with van der Waals surface area (Å²) in [6, 6.07) is 5.56. The van der Waals surface area contributed by atoms with Crippen molar-refractivity contribution >= 4 is 34.4 Å². The Morgan fingerprint density at radius 2 is 1.96 bits per heavy atom. The van der Waals surface area contributed by atoms with Gasteiger partial charge in [0.05, 0.1) is 11.4 Å². The number of fused-ring (bicyclic) bond motifs is 1. The normalized spacial score (nSPS) is 11.1. The zero-order chi connectivity index (χ0) is 20.3. The number of thioether (sulfide) groups is 1. The van der Waals surface area contributed by atoms with Gasteiger partial charge in [-0.3, -0.25) is 18.8 Å². The summed E-state index contributed by atoms with van der Waals surface area (Å²) < 4.78 is 16.2. The zero-order valence-corrected chi connectivity index (χ0v) is 16.8. The quantitative estimate of drug-likeness (QED) is 0.484. The van der Waals surface area contributed by atoms with E-state index in [-0.39, 0.29) is 23.0 Å². The molecule has 0 unspecified atom stereocenters. The van der Waals surface area contributed by atoms with Gasteiger partial charge in [-0.2, -0.15) is 5.10 Å². The van der Waals surface area contributed by atoms with Crippen LogP contribution in [0.1, 0.15) is 26.0 Å². The third-order valence-electron chi connectivity index (χ3n) is 4.19. The SMILES string of the molecule is CCCn1c(SCC(=O)Nc2ccc(F)cc2)nc2c(C)nn(CC)c2c1=O. The molecule has 7 nitrogen and oxygen atoms in total. The summed E-state index contributed by atoms with van der Waals surface area (Å²) in [4.78, 5) is 29.9. The number of carbonyl (C=O) groups is 1. The highest BCUT2D eigenvalue weighted by Crippen LogP contribution is 2.20. The number of carbonyl (C=O) groups excluding carboxylic acids is 1. The van der Waals surface area contributed by atoms with Crippen LogP contribution in [0.15, 0.2) is 34.2 Å². The molecule has 0 atom stereocenters. The summed E-state index contributed by atoms with van der Waals surface area (Å²) in [5, 5.41) is 7.59. The monoisotopic (exact) mass is 403 g/mol. The highest BCUT2D eigenvalue weighted by Gasteiger charge is 2.18. The second kappa shape index (κ2) is 8.55. The van der Waals surface area contributed by atoms with Crippen molar-refractivity contribution in [3.05, 3.63) is 46.1 Å². The Labute approximate surface area is 166 Å². The van der Waals surface area contributed by atoms with Crippen molar-refractivity contribution in [2.75, 3.05) is 11.1 Å². The van der Waals surface area contributed by atoms with Gasteiger partial charge in [-0.15, -0.1) is 0 Å². The van der Waals surface area contributed by atoms with Crippen LogP contribution >= 0.6 is 11.8 Å². The molecule has 0 saturated carbocycles. The average molecular weight is 403 g/mol. The number of benzene rings is 1. The summed E-state index contributed by atoms with van der Waals surface area (Å²) in [6.07, 6.45) is 0.766. The smallest absolute Gasteiger partial charge is 0.280 e. The minimum atomic E-state index is -0.364. The molecular weight excluding hydrogens is 381 g/mol. The fraction of sp³-hybridized carbons (Fsp3) is 0.368. The maximum Gasteiger partial charge on any atom is 0.280 e. The molecule has 0 aliphatic rings. The molecule has 1 amide bonds. The molecule has 0 aliphatic heterocycles. The first kappa shape index (κ1) is 20.1. The molecule has 28 heavy (non-hydrogen) atoms. The van der Waals surface area contributed by atoms with Gasteiger partial charge in [0, 0.05) is 18.8 Å². The van der Waals surface area contributed by atoms with Crippen LogP contribution in [0, 0.1) is 12.7 Å². The van der Waals surface area contributed by atoms with E-state index in [1.165, 1.54) is 36.0 Å². The molecule has 3 rings (SSSR count). The van der Waals surface area contributed by atoms with Crippen molar-refractivity contribution in [2.45, 2.75) is 45.4 Å². The Hall–Kier alpha value is -2.68. The number of halogens is 1. The topological polar surface area (TPSA) is 81.8 Å². The van der Waals surface area contributed by atoms with E-state index in [0.29, 0.717) is 40.7 Å². The summed E-state index contributed by atoms with van der Waals surface area (Å²) in [5.74, 6) is -0.536. The standard InChI is InChI=1S/C19H22FN5O2S/c1-4-10-24-18(27)17-16(12(3)23-25(17)5-2)22-19(24)28-11-15(26)21-14-8-6-13(20)7-9-14/h6-9H,4-5,10-11H2,1-3H3,(H,21,26). The number of hydrogen-bond donors (Lipinski definition) is 1. The van der Waals surface area contributed by atoms with Crippen molar-refractivity contribution in [1.82, 2.24) is 19.3 Å². The van der Waals surface area contributed by atoms with Gasteiger partial charge in [0.15, 0.2) is 10.7 Å². The Bertz CT molecular complexity index is 1060. The van der Waals surface area contributed by atoms with E-state index >= 15 is 0 Å². The Balaban J connectivity index is 1.86. The fourth-order valence-corrected chi connectivity index (χ4v) is 3.73. The minimum Gasteiger partial charge on any atom is -0.325 e. The molecule has 0 fully saturated rings. The zero-order valence-electron chi connectivity index (χ0n) is 16.0. The van der Waals surface area contributed by atoms with Crippen LogP contribution in [-0.4, -0.2) is 31.0 Å². The van der Waals surface area contributed by atoms with Gasteiger partial charge >= 0.3 is 0 Å². The van der Waals surface area contributed by atoms with Gasteiger partial charge in [-0.25, -0.2) is 9.37 Å². The van der Waals surface area contributed by atoms with Crippen LogP contribution < -0.4 is 10.9 Å². The molecule has 0 bridgehead atoms. The molecule has 148 valence electrons. The van der Waals surface area contributed by atoms with E-state index in [1.807, 2.05) is 20.8 Å². The summed E-state index contributed by atoms with van der Waals surface area (Å²) >= 11 is 1.20. The predicted octanol–water partition coefficient (Wildman–Crippen LogP) is 3.20. The Morgan fingerprint density at radius 3 is 2.61 bits per heavy atom. The molecule has 9 heteroatoms. The molecule has 2 heterocycles. The molecule has 0 aliphatic carbocycles. The molecular formula is C19H22FN5O2S. The lowest BCUT2D eigenvalue weighted by Crippen LogP contribution is -2.25. The van der Waals surface area contributed by atoms with Crippen LogP contribution in [0.4, 0.5) is 10.1 Å². The van der Waals surface area contributed by atoms with Crippen molar-refractivity contribution in [1.29, 1.82) is 0 Å². The summed E-state index contributed by atoms with van der Waals surface area (Å²) in [5.41, 5.74) is 2.13. The molecule has 2 aromatic heterocycles. The van der Waals surface area contributed by atoms with Gasteiger partial charge in [-0.1, -0.05) is 18.7 Å². The second-order valence-electron chi connectivity index (χ2n) is 6.29. The number of nitrogens with one attached hydrogen (secondary N) is 1. The van der Waals surface area contributed by atoms with Crippen LogP contribution in [-0.2, 0) is 17.9 Å². The van der Waals surface area contributed by atoms with Crippen molar-refractivity contribution in [3.63, 3.8) is 0 Å². The Morgan fingerprint density at radius 1 is 1.25 bits per heavy atom. The lowest BCUT2D eigenvalue weighted by atomic mass is 10.3. The van der Waals surface area contributed by atoms with Crippen LogP contribution in [0.3, 0.4) is 0 Å². The number of rotatable bonds is 7. The van der Waals surface area contributed by atoms with Gasteiger partial charge < -0.3 is 5.32 Å². The first-order valence-corrected chi connectivity index (χ1v) is 10.1. The van der Waals surface area contributed by atoms with Gasteiger partial charge in [0.2, 0.25) is 5.91 Å². The predicted molar refractivity (Wildman–Crippen MR) is 108 cm³/mol. The third-order valence-corrected chi connectivity index (χ3v) is 5.17. The third kappa shape index (κ3) is 4.09. The van der Waals surface area contributed by atoms with E-state index in [1.54, 1.807) is 9.25 Å². The molecule has 1 N–H and O–H groups in total. The number of hydrogen-bond acceptors (Lipinski definition) is 5. The first-order chi connectivity index (χ1) is 13.4. The maximum atomic E-state index is 13.0. The fourth-order valence-electron chi connectivity index (χ4n) is 2.91. The summed E-state index contributed by atoms with van der Waals surface area (Å²) in [7, 11) is 0. The van der Waals surface area contributed by atoms with Crippen molar-refractivity contribution in [3.8, 4) is 0 Å². The highest BCUT2D eigenvalue weighted by atomic mass is 32.2. The molecule has 0 saturated heterocycles. The van der Waals surface area contributed by atoms with E-state index in [9.17, 15) is 14.0 Å². The summed E-state index contributed by atoms with van der Waals surface area (Å²) in [6.45, 7) is 6.82. The lowest BCUT2D eigenvalue weighted by molar-refractivity contribution is -0.113. The van der Waals surface area contributed by atoms with Crippen molar-refractivity contribution < 1.29 is 9.18 Å². The molecule has 0 radical (unpaired) electrons. The number of amides is 1. The van der Waals surface area contributed by atoms with E-state index in [2.05, 4.69) is 15.4 Å². The van der Waals surface area contributed by atoms with Crippen molar-refractivity contribution in [2.24, 2.45) is 0 Å². The van der Waals surface area contributed by atoms with Crippen LogP contribution in [0.5, 0.6) is 0 Å². The van der Waals surface area contributed by atoms with Gasteiger partial charge in [-0.05, 0) is 44.5 Å². The Kier molecular flexibility index (Phi) is 6.13. The molecule has 0 spiro atoms. The van der Waals surface area contributed by atoms with Gasteiger partial charge in [0.1, 0.15) is 11.3 Å². The van der Waals surface area contributed by atoms with Crippen LogP contribution in [0.2, 0.25) is 0 Å². The first-order valence-electron chi connectivity index (χ1n) is 9.10. The van der Waals surface area contributed by atoms with E-state index in [4.69, 9.17) is 0 Å². The number of aromatic nitrogens is 4. The minimum absolute atomic E-state index is 0.0833. The lowest BCUT2D eigenvalue weighted by Gasteiger charge is -2.12.